The summed E-state index contributed by atoms with van der Waals surface area (Å²) in [5.41, 5.74) is 0.291. The molecule has 0 atom stereocenters. The van der Waals surface area contributed by atoms with Gasteiger partial charge in [-0.05, 0) is 19.1 Å². The van der Waals surface area contributed by atoms with Crippen molar-refractivity contribution >= 4 is 22.1 Å². The predicted molar refractivity (Wildman–Crippen MR) is 62.0 cm³/mol. The Morgan fingerprint density at radius 1 is 0.941 bits per heavy atom. The molecule has 0 bridgehead atoms. The molecular weight excluding hydrogens is 224 g/mol. The van der Waals surface area contributed by atoms with Crippen molar-refractivity contribution in [3.63, 3.8) is 0 Å². The summed E-state index contributed by atoms with van der Waals surface area (Å²) >= 11 is 0. The molecule has 0 spiro atoms. The van der Waals surface area contributed by atoms with Crippen molar-refractivity contribution in [3.05, 3.63) is 56.1 Å². The van der Waals surface area contributed by atoms with Gasteiger partial charge in [-0.15, -0.1) is 0 Å². The molecule has 0 aliphatic rings. The van der Waals surface area contributed by atoms with E-state index < -0.39 is 9.85 Å². The van der Waals surface area contributed by atoms with Crippen LogP contribution in [0, 0.1) is 27.2 Å². The number of nitro groups is 2. The molecule has 2 aromatic rings. The van der Waals surface area contributed by atoms with E-state index in [1.54, 1.807) is 6.92 Å². The fraction of sp³-hybridized carbons (Fsp3) is 0.0909. The minimum absolute atomic E-state index is 0.0776. The highest BCUT2D eigenvalue weighted by Gasteiger charge is 2.20. The van der Waals surface area contributed by atoms with Gasteiger partial charge in [0.15, 0.2) is 0 Å². The van der Waals surface area contributed by atoms with Crippen LogP contribution in [0.15, 0.2) is 30.3 Å². The van der Waals surface area contributed by atoms with Crippen LogP contribution < -0.4 is 0 Å². The van der Waals surface area contributed by atoms with Crippen LogP contribution >= 0.6 is 0 Å². The van der Waals surface area contributed by atoms with Crippen LogP contribution in [-0.2, 0) is 0 Å². The highest BCUT2D eigenvalue weighted by atomic mass is 16.6. The quantitative estimate of drug-likeness (QED) is 0.588. The van der Waals surface area contributed by atoms with Crippen LogP contribution in [0.3, 0.4) is 0 Å². The van der Waals surface area contributed by atoms with Gasteiger partial charge in [-0.3, -0.25) is 20.2 Å². The van der Waals surface area contributed by atoms with Gasteiger partial charge < -0.3 is 0 Å². The fourth-order valence-corrected chi connectivity index (χ4v) is 1.84. The van der Waals surface area contributed by atoms with Crippen molar-refractivity contribution in [2.45, 2.75) is 6.92 Å². The molecule has 0 amide bonds. The largest absolute Gasteiger partial charge is 0.280 e. The summed E-state index contributed by atoms with van der Waals surface area (Å²) in [4.78, 5) is 20.7. The molecule has 2 rings (SSSR count). The van der Waals surface area contributed by atoms with Gasteiger partial charge in [-0.1, -0.05) is 12.1 Å². The minimum atomic E-state index is -0.540. The molecule has 6 heteroatoms. The molecule has 0 aromatic heterocycles. The van der Waals surface area contributed by atoms with Gasteiger partial charge in [-0.25, -0.2) is 0 Å². The van der Waals surface area contributed by atoms with Gasteiger partial charge in [-0.2, -0.15) is 0 Å². The van der Waals surface area contributed by atoms with Crippen molar-refractivity contribution < 1.29 is 9.85 Å². The molecule has 0 radical (unpaired) electrons. The maximum absolute atomic E-state index is 11.0. The molecule has 17 heavy (non-hydrogen) atoms. The topological polar surface area (TPSA) is 86.3 Å². The van der Waals surface area contributed by atoms with Crippen molar-refractivity contribution in [3.8, 4) is 0 Å². The lowest BCUT2D eigenvalue weighted by Crippen LogP contribution is -1.95. The van der Waals surface area contributed by atoms with Gasteiger partial charge in [0.2, 0.25) is 0 Å². The fourth-order valence-electron chi connectivity index (χ4n) is 1.84. The molecule has 0 saturated heterocycles. The number of rotatable bonds is 2. The Morgan fingerprint density at radius 3 is 2.24 bits per heavy atom. The van der Waals surface area contributed by atoms with Gasteiger partial charge in [0.05, 0.1) is 20.6 Å². The third-order valence-electron chi connectivity index (χ3n) is 2.59. The van der Waals surface area contributed by atoms with Gasteiger partial charge in [0.25, 0.3) is 11.4 Å². The van der Waals surface area contributed by atoms with E-state index >= 15 is 0 Å². The smallest absolute Gasteiger partial charge is 0.258 e. The number of nitrogens with zero attached hydrogens (tertiary/aromatic N) is 2. The number of hydrogen-bond donors (Lipinski definition) is 0. The Morgan fingerprint density at radius 2 is 1.65 bits per heavy atom. The summed E-state index contributed by atoms with van der Waals surface area (Å²) in [7, 11) is 0. The molecule has 0 fully saturated rings. The number of non-ortho nitro benzene ring substituents is 1. The van der Waals surface area contributed by atoms with E-state index in [1.807, 2.05) is 0 Å². The molecule has 0 aliphatic heterocycles. The number of aryl methyl sites for hydroxylation is 1. The zero-order valence-electron chi connectivity index (χ0n) is 8.91. The van der Waals surface area contributed by atoms with Crippen LogP contribution in [0.5, 0.6) is 0 Å². The molecule has 0 unspecified atom stereocenters. The first-order valence-electron chi connectivity index (χ1n) is 4.83. The third kappa shape index (κ3) is 1.69. The number of nitro benzene ring substituents is 2. The van der Waals surface area contributed by atoms with E-state index in [4.69, 9.17) is 0 Å². The summed E-state index contributed by atoms with van der Waals surface area (Å²) in [6, 6.07) is 7.37. The lowest BCUT2D eigenvalue weighted by atomic mass is 10.0. The van der Waals surface area contributed by atoms with Crippen molar-refractivity contribution in [1.29, 1.82) is 0 Å². The monoisotopic (exact) mass is 232 g/mol. The lowest BCUT2D eigenvalue weighted by molar-refractivity contribution is -0.385. The summed E-state index contributed by atoms with van der Waals surface area (Å²) in [6.07, 6.45) is 0. The van der Waals surface area contributed by atoms with E-state index in [1.165, 1.54) is 30.3 Å². The SMILES string of the molecule is Cc1ccc2c([N+](=O)[O-])cccc2c1[N+](=O)[O-]. The second-order valence-electron chi connectivity index (χ2n) is 3.62. The average molecular weight is 232 g/mol. The zero-order chi connectivity index (χ0) is 12.6. The highest BCUT2D eigenvalue weighted by molar-refractivity contribution is 5.98. The Labute approximate surface area is 95.8 Å². The second kappa shape index (κ2) is 3.82. The molecule has 0 heterocycles. The van der Waals surface area contributed by atoms with Gasteiger partial charge >= 0.3 is 0 Å². The van der Waals surface area contributed by atoms with Crippen LogP contribution in [0.25, 0.3) is 10.8 Å². The maximum Gasteiger partial charge on any atom is 0.280 e. The summed E-state index contributed by atoms with van der Waals surface area (Å²) in [6.45, 7) is 1.61. The minimum Gasteiger partial charge on any atom is -0.258 e. The summed E-state index contributed by atoms with van der Waals surface area (Å²) in [5.74, 6) is 0. The highest BCUT2D eigenvalue weighted by Crippen LogP contribution is 2.33. The Balaban J connectivity index is 2.93. The molecule has 86 valence electrons. The van der Waals surface area contributed by atoms with E-state index in [9.17, 15) is 20.2 Å². The molecular formula is C11H8N2O4. The Hall–Kier alpha value is -2.50. The number of benzene rings is 2. The first kappa shape index (κ1) is 11.0. The zero-order valence-corrected chi connectivity index (χ0v) is 8.91. The molecule has 0 saturated carbocycles. The predicted octanol–water partition coefficient (Wildman–Crippen LogP) is 2.96. The van der Waals surface area contributed by atoms with Crippen LogP contribution in [0.1, 0.15) is 5.56 Å². The first-order chi connectivity index (χ1) is 8.02. The summed E-state index contributed by atoms with van der Waals surface area (Å²) < 4.78 is 0. The number of fused-ring (bicyclic) bond motifs is 1. The van der Waals surface area contributed by atoms with Gasteiger partial charge in [0.1, 0.15) is 0 Å². The average Bonchev–Trinajstić information content (AvgIpc) is 2.26. The first-order valence-corrected chi connectivity index (χ1v) is 4.83. The Kier molecular flexibility index (Phi) is 2.47. The molecule has 6 nitrogen and oxygen atoms in total. The third-order valence-corrected chi connectivity index (χ3v) is 2.59. The standard InChI is InChI=1S/C11H8N2O4/c1-7-5-6-8-9(11(7)13(16)17)3-2-4-10(8)12(14)15/h2-6H,1H3. The van der Waals surface area contributed by atoms with E-state index in [0.717, 1.165) is 0 Å². The van der Waals surface area contributed by atoms with Crippen LogP contribution in [0.4, 0.5) is 11.4 Å². The van der Waals surface area contributed by atoms with Crippen molar-refractivity contribution in [2.24, 2.45) is 0 Å². The maximum atomic E-state index is 11.0. The van der Waals surface area contributed by atoms with E-state index in [0.29, 0.717) is 10.9 Å². The van der Waals surface area contributed by atoms with E-state index in [-0.39, 0.29) is 16.8 Å². The Bertz CT molecular complexity index is 637. The van der Waals surface area contributed by atoms with Crippen molar-refractivity contribution in [1.82, 2.24) is 0 Å². The van der Waals surface area contributed by atoms with E-state index in [2.05, 4.69) is 0 Å². The second-order valence-corrected chi connectivity index (χ2v) is 3.62. The van der Waals surface area contributed by atoms with Crippen LogP contribution in [0.2, 0.25) is 0 Å². The molecule has 2 aromatic carbocycles. The molecule has 0 N–H and O–H groups in total. The molecule has 0 aliphatic carbocycles. The number of hydrogen-bond acceptors (Lipinski definition) is 4. The normalized spacial score (nSPS) is 10.4. The van der Waals surface area contributed by atoms with Crippen molar-refractivity contribution in [2.75, 3.05) is 0 Å². The summed E-state index contributed by atoms with van der Waals surface area (Å²) in [5, 5.41) is 22.4. The van der Waals surface area contributed by atoms with Gasteiger partial charge in [0, 0.05) is 11.6 Å². The lowest BCUT2D eigenvalue weighted by Gasteiger charge is -2.03. The van der Waals surface area contributed by atoms with Crippen LogP contribution in [-0.4, -0.2) is 9.85 Å².